The molecular weight excluding hydrogens is 196 g/mol. The van der Waals surface area contributed by atoms with Crippen LogP contribution in [0.4, 0.5) is 14.5 Å². The Kier molecular flexibility index (Phi) is 2.37. The zero-order chi connectivity index (χ0) is 10.8. The van der Waals surface area contributed by atoms with Crippen molar-refractivity contribution in [1.29, 1.82) is 0 Å². The van der Waals surface area contributed by atoms with Gasteiger partial charge in [-0.15, -0.1) is 0 Å². The van der Waals surface area contributed by atoms with Gasteiger partial charge in [-0.05, 0) is 23.8 Å². The molecular formula is C12H9F2N. The molecule has 1 nitrogen and oxygen atoms in total. The van der Waals surface area contributed by atoms with Gasteiger partial charge in [-0.3, -0.25) is 0 Å². The second-order valence-corrected chi connectivity index (χ2v) is 3.21. The van der Waals surface area contributed by atoms with E-state index in [1.807, 2.05) is 0 Å². The van der Waals surface area contributed by atoms with Gasteiger partial charge >= 0.3 is 0 Å². The summed E-state index contributed by atoms with van der Waals surface area (Å²) in [5.74, 6) is -0.787. The number of hydrogen-bond donors (Lipinski definition) is 1. The highest BCUT2D eigenvalue weighted by atomic mass is 19.1. The summed E-state index contributed by atoms with van der Waals surface area (Å²) in [6.07, 6.45) is 0. The molecule has 0 fully saturated rings. The van der Waals surface area contributed by atoms with Crippen LogP contribution < -0.4 is 5.73 Å². The third kappa shape index (κ3) is 1.81. The molecule has 0 heterocycles. The lowest BCUT2D eigenvalue weighted by molar-refractivity contribution is 0.628. The van der Waals surface area contributed by atoms with Gasteiger partial charge in [0, 0.05) is 5.56 Å². The molecule has 0 radical (unpaired) electrons. The molecule has 0 saturated heterocycles. The smallest absolute Gasteiger partial charge is 0.146 e. The fourth-order valence-electron chi connectivity index (χ4n) is 1.42. The fourth-order valence-corrected chi connectivity index (χ4v) is 1.42. The Hall–Kier alpha value is -1.90. The lowest BCUT2D eigenvalue weighted by Crippen LogP contribution is -1.93. The Balaban J connectivity index is 2.54. The minimum Gasteiger partial charge on any atom is -0.396 e. The second kappa shape index (κ2) is 3.69. The van der Waals surface area contributed by atoms with E-state index < -0.39 is 5.82 Å². The Morgan fingerprint density at radius 2 is 1.53 bits per heavy atom. The van der Waals surface area contributed by atoms with Gasteiger partial charge in [0.25, 0.3) is 0 Å². The first-order valence-electron chi connectivity index (χ1n) is 4.48. The van der Waals surface area contributed by atoms with Gasteiger partial charge in [-0.1, -0.05) is 24.3 Å². The van der Waals surface area contributed by atoms with Crippen molar-refractivity contribution in [3.05, 3.63) is 54.1 Å². The third-order valence-corrected chi connectivity index (χ3v) is 2.21. The van der Waals surface area contributed by atoms with Crippen molar-refractivity contribution in [3.8, 4) is 11.1 Å². The number of halogens is 2. The van der Waals surface area contributed by atoms with Crippen molar-refractivity contribution in [3.63, 3.8) is 0 Å². The van der Waals surface area contributed by atoms with Crippen molar-refractivity contribution in [2.24, 2.45) is 0 Å². The Bertz CT molecular complexity index is 477. The van der Waals surface area contributed by atoms with Gasteiger partial charge in [0.05, 0.1) is 5.69 Å². The van der Waals surface area contributed by atoms with E-state index >= 15 is 0 Å². The largest absolute Gasteiger partial charge is 0.396 e. The summed E-state index contributed by atoms with van der Waals surface area (Å²) in [4.78, 5) is 0. The van der Waals surface area contributed by atoms with E-state index in [0.29, 0.717) is 11.1 Å². The maximum Gasteiger partial charge on any atom is 0.146 e. The fraction of sp³-hybridized carbons (Fsp3) is 0. The first-order valence-corrected chi connectivity index (χ1v) is 4.48. The highest BCUT2D eigenvalue weighted by Crippen LogP contribution is 2.27. The van der Waals surface area contributed by atoms with Crippen molar-refractivity contribution < 1.29 is 8.78 Å². The van der Waals surface area contributed by atoms with Gasteiger partial charge in [-0.2, -0.15) is 0 Å². The molecule has 0 bridgehead atoms. The van der Waals surface area contributed by atoms with Crippen LogP contribution >= 0.6 is 0 Å². The van der Waals surface area contributed by atoms with Crippen molar-refractivity contribution in [2.45, 2.75) is 0 Å². The molecule has 0 aromatic heterocycles. The van der Waals surface area contributed by atoms with Crippen molar-refractivity contribution >= 4 is 5.69 Å². The minimum atomic E-state index is -0.461. The predicted octanol–water partition coefficient (Wildman–Crippen LogP) is 3.21. The van der Waals surface area contributed by atoms with Crippen LogP contribution in [0.2, 0.25) is 0 Å². The minimum absolute atomic E-state index is 0.0871. The summed E-state index contributed by atoms with van der Waals surface area (Å²) >= 11 is 0. The molecule has 0 unspecified atom stereocenters. The molecule has 2 rings (SSSR count). The molecule has 2 aromatic rings. The van der Waals surface area contributed by atoms with Crippen LogP contribution in [0.3, 0.4) is 0 Å². The van der Waals surface area contributed by atoms with Crippen LogP contribution in [0.15, 0.2) is 42.5 Å². The predicted molar refractivity (Wildman–Crippen MR) is 56.2 cm³/mol. The Morgan fingerprint density at radius 3 is 2.20 bits per heavy atom. The van der Waals surface area contributed by atoms with Crippen LogP contribution in [0.1, 0.15) is 0 Å². The van der Waals surface area contributed by atoms with E-state index in [2.05, 4.69) is 0 Å². The molecule has 0 aliphatic carbocycles. The number of para-hydroxylation sites is 1. The third-order valence-electron chi connectivity index (χ3n) is 2.21. The number of nitrogens with two attached hydrogens (primary N) is 1. The van der Waals surface area contributed by atoms with Crippen LogP contribution in [-0.4, -0.2) is 0 Å². The molecule has 2 N–H and O–H groups in total. The van der Waals surface area contributed by atoms with E-state index in [1.54, 1.807) is 24.3 Å². The summed E-state index contributed by atoms with van der Waals surface area (Å²) in [6, 6.07) is 10.3. The summed E-state index contributed by atoms with van der Waals surface area (Å²) in [6.45, 7) is 0. The lowest BCUT2D eigenvalue weighted by Gasteiger charge is -2.06. The molecule has 0 aliphatic rings. The Labute approximate surface area is 86.2 Å². The summed E-state index contributed by atoms with van der Waals surface area (Å²) in [5.41, 5.74) is 6.95. The van der Waals surface area contributed by atoms with Crippen LogP contribution in [-0.2, 0) is 0 Å². The van der Waals surface area contributed by atoms with E-state index in [9.17, 15) is 8.78 Å². The maximum atomic E-state index is 13.1. The monoisotopic (exact) mass is 205 g/mol. The van der Waals surface area contributed by atoms with E-state index in [1.165, 1.54) is 18.2 Å². The molecule has 0 amide bonds. The normalized spacial score (nSPS) is 10.3. The quantitative estimate of drug-likeness (QED) is 0.711. The lowest BCUT2D eigenvalue weighted by atomic mass is 10.0. The van der Waals surface area contributed by atoms with Gasteiger partial charge in [0.1, 0.15) is 11.6 Å². The van der Waals surface area contributed by atoms with Gasteiger partial charge < -0.3 is 5.73 Å². The van der Waals surface area contributed by atoms with E-state index in [4.69, 9.17) is 5.73 Å². The number of nitrogen functional groups attached to an aromatic ring is 1. The number of benzene rings is 2. The zero-order valence-corrected chi connectivity index (χ0v) is 7.87. The average molecular weight is 205 g/mol. The van der Waals surface area contributed by atoms with Crippen molar-refractivity contribution in [2.75, 3.05) is 5.73 Å². The van der Waals surface area contributed by atoms with E-state index in [-0.39, 0.29) is 11.5 Å². The van der Waals surface area contributed by atoms with Crippen molar-refractivity contribution in [1.82, 2.24) is 0 Å². The molecule has 0 spiro atoms. The van der Waals surface area contributed by atoms with Crippen LogP contribution in [0.5, 0.6) is 0 Å². The highest BCUT2D eigenvalue weighted by molar-refractivity contribution is 5.76. The van der Waals surface area contributed by atoms with Crippen LogP contribution in [0, 0.1) is 11.6 Å². The first-order chi connectivity index (χ1) is 7.18. The molecule has 0 saturated carbocycles. The number of hydrogen-bond acceptors (Lipinski definition) is 1. The topological polar surface area (TPSA) is 26.0 Å². The second-order valence-electron chi connectivity index (χ2n) is 3.21. The van der Waals surface area contributed by atoms with Gasteiger partial charge in [-0.25, -0.2) is 8.78 Å². The maximum absolute atomic E-state index is 13.1. The summed E-state index contributed by atoms with van der Waals surface area (Å²) in [5, 5.41) is 0. The highest BCUT2D eigenvalue weighted by Gasteiger charge is 2.06. The molecule has 0 atom stereocenters. The molecule has 15 heavy (non-hydrogen) atoms. The Morgan fingerprint density at radius 1 is 0.867 bits per heavy atom. The summed E-state index contributed by atoms with van der Waals surface area (Å²) < 4.78 is 25.8. The van der Waals surface area contributed by atoms with Crippen LogP contribution in [0.25, 0.3) is 11.1 Å². The zero-order valence-electron chi connectivity index (χ0n) is 7.87. The van der Waals surface area contributed by atoms with Gasteiger partial charge in [0.2, 0.25) is 0 Å². The van der Waals surface area contributed by atoms with Gasteiger partial charge in [0.15, 0.2) is 0 Å². The average Bonchev–Trinajstić information content (AvgIpc) is 2.24. The standard InChI is InChI=1S/C12H9F2N/c13-9-6-4-8(5-7-9)10-2-1-3-11(14)12(10)15/h1-7H,15H2. The number of rotatable bonds is 1. The summed E-state index contributed by atoms with van der Waals surface area (Å²) in [7, 11) is 0. The molecule has 0 aliphatic heterocycles. The first kappa shape index (κ1) is 9.65. The van der Waals surface area contributed by atoms with E-state index in [0.717, 1.165) is 0 Å². The SMILES string of the molecule is Nc1c(F)cccc1-c1ccc(F)cc1. The molecule has 2 aromatic carbocycles. The molecule has 76 valence electrons. The molecule has 3 heteroatoms. The number of anilines is 1.